The number of halogens is 2. The van der Waals surface area contributed by atoms with Crippen LogP contribution in [0, 0.1) is 11.3 Å². The Bertz CT molecular complexity index is 616. The van der Waals surface area contributed by atoms with E-state index in [4.69, 9.17) is 22.6 Å². The Kier molecular flexibility index (Phi) is 6.03. The minimum atomic E-state index is 0. The standard InChI is InChI=1S/C14H15ClN4.ClH/c1-2-12(17)9-19-6-5-14(18-19)10-3-4-11(8-16)13(15)7-10;/h3-7,12H,2,9,17H2,1H3;1H/t12-;/m1./s1. The third kappa shape index (κ3) is 3.73. The van der Waals surface area contributed by atoms with Gasteiger partial charge in [-0.1, -0.05) is 24.6 Å². The molecule has 6 heteroatoms. The van der Waals surface area contributed by atoms with Crippen LogP contribution in [0.4, 0.5) is 0 Å². The Balaban J connectivity index is 0.00000200. The first-order valence-electron chi connectivity index (χ1n) is 6.13. The zero-order chi connectivity index (χ0) is 13.8. The first kappa shape index (κ1) is 16.5. The van der Waals surface area contributed by atoms with Crippen LogP contribution in [-0.2, 0) is 6.54 Å². The summed E-state index contributed by atoms with van der Waals surface area (Å²) in [6.07, 6.45) is 2.81. The molecule has 2 aromatic rings. The summed E-state index contributed by atoms with van der Waals surface area (Å²) >= 11 is 6.02. The maximum absolute atomic E-state index is 8.84. The molecule has 4 nitrogen and oxygen atoms in total. The molecule has 1 aromatic heterocycles. The summed E-state index contributed by atoms with van der Waals surface area (Å²) in [6, 6.07) is 9.37. The van der Waals surface area contributed by atoms with Gasteiger partial charge in [0.05, 0.1) is 22.8 Å². The van der Waals surface area contributed by atoms with Crippen molar-refractivity contribution in [3.05, 3.63) is 41.0 Å². The zero-order valence-electron chi connectivity index (χ0n) is 11.1. The van der Waals surface area contributed by atoms with E-state index < -0.39 is 0 Å². The Morgan fingerprint density at radius 3 is 2.80 bits per heavy atom. The molecular weight excluding hydrogens is 295 g/mol. The highest BCUT2D eigenvalue weighted by molar-refractivity contribution is 6.32. The van der Waals surface area contributed by atoms with Crippen molar-refractivity contribution >= 4 is 24.0 Å². The molecule has 2 N–H and O–H groups in total. The van der Waals surface area contributed by atoms with E-state index in [1.165, 1.54) is 0 Å². The van der Waals surface area contributed by atoms with Crippen LogP contribution >= 0.6 is 24.0 Å². The largest absolute Gasteiger partial charge is 0.326 e. The second kappa shape index (κ2) is 7.30. The van der Waals surface area contributed by atoms with Gasteiger partial charge in [-0.2, -0.15) is 10.4 Å². The molecule has 0 amide bonds. The van der Waals surface area contributed by atoms with Gasteiger partial charge in [-0.25, -0.2) is 0 Å². The third-order valence-corrected chi connectivity index (χ3v) is 3.28. The van der Waals surface area contributed by atoms with Crippen LogP contribution in [-0.4, -0.2) is 15.8 Å². The van der Waals surface area contributed by atoms with Gasteiger partial charge in [0.25, 0.3) is 0 Å². The van der Waals surface area contributed by atoms with E-state index in [9.17, 15) is 0 Å². The molecule has 106 valence electrons. The molecule has 2 rings (SSSR count). The van der Waals surface area contributed by atoms with E-state index in [1.807, 2.05) is 29.1 Å². The minimum absolute atomic E-state index is 0. The van der Waals surface area contributed by atoms with E-state index in [-0.39, 0.29) is 18.4 Å². The molecule has 0 saturated heterocycles. The molecule has 0 unspecified atom stereocenters. The fourth-order valence-electron chi connectivity index (χ4n) is 1.75. The average molecular weight is 311 g/mol. The van der Waals surface area contributed by atoms with E-state index in [0.29, 0.717) is 17.1 Å². The van der Waals surface area contributed by atoms with E-state index in [2.05, 4.69) is 12.0 Å². The summed E-state index contributed by atoms with van der Waals surface area (Å²) in [5.74, 6) is 0. The lowest BCUT2D eigenvalue weighted by Gasteiger charge is -2.08. The van der Waals surface area contributed by atoms with Crippen LogP contribution < -0.4 is 5.73 Å². The Labute approximate surface area is 129 Å². The monoisotopic (exact) mass is 310 g/mol. The maximum Gasteiger partial charge on any atom is 0.101 e. The summed E-state index contributed by atoms with van der Waals surface area (Å²) in [5.41, 5.74) is 8.09. The summed E-state index contributed by atoms with van der Waals surface area (Å²) in [6.45, 7) is 2.75. The Morgan fingerprint density at radius 1 is 1.45 bits per heavy atom. The lowest BCUT2D eigenvalue weighted by molar-refractivity contribution is 0.501. The molecular formula is C14H16Cl2N4. The van der Waals surface area contributed by atoms with E-state index in [1.54, 1.807) is 12.1 Å². The van der Waals surface area contributed by atoms with Gasteiger partial charge in [0.2, 0.25) is 0 Å². The van der Waals surface area contributed by atoms with Gasteiger partial charge in [-0.15, -0.1) is 12.4 Å². The second-order valence-electron chi connectivity index (χ2n) is 4.40. The molecule has 1 atom stereocenters. The fraction of sp³-hybridized carbons (Fsp3) is 0.286. The van der Waals surface area contributed by atoms with Crippen molar-refractivity contribution in [3.63, 3.8) is 0 Å². The van der Waals surface area contributed by atoms with Crippen molar-refractivity contribution in [2.75, 3.05) is 0 Å². The van der Waals surface area contributed by atoms with Gasteiger partial charge >= 0.3 is 0 Å². The van der Waals surface area contributed by atoms with Gasteiger partial charge in [0.15, 0.2) is 0 Å². The lowest BCUT2D eigenvalue weighted by Crippen LogP contribution is -2.25. The predicted molar refractivity (Wildman–Crippen MR) is 82.9 cm³/mol. The molecule has 1 heterocycles. The first-order chi connectivity index (χ1) is 9.13. The Hall–Kier alpha value is -1.54. The number of hydrogen-bond acceptors (Lipinski definition) is 3. The summed E-state index contributed by atoms with van der Waals surface area (Å²) in [5, 5.41) is 13.7. The van der Waals surface area contributed by atoms with Gasteiger partial charge in [0.1, 0.15) is 6.07 Å². The normalized spacial score (nSPS) is 11.5. The number of nitriles is 1. The van der Waals surface area contributed by atoms with E-state index >= 15 is 0 Å². The lowest BCUT2D eigenvalue weighted by atomic mass is 10.1. The summed E-state index contributed by atoms with van der Waals surface area (Å²) < 4.78 is 1.83. The van der Waals surface area contributed by atoms with Crippen molar-refractivity contribution in [2.24, 2.45) is 5.73 Å². The first-order valence-corrected chi connectivity index (χ1v) is 6.51. The smallest absolute Gasteiger partial charge is 0.101 e. The number of benzene rings is 1. The number of nitrogens with zero attached hydrogens (tertiary/aromatic N) is 3. The average Bonchev–Trinajstić information content (AvgIpc) is 2.87. The molecule has 0 fully saturated rings. The molecule has 0 aliphatic carbocycles. The molecule has 20 heavy (non-hydrogen) atoms. The SMILES string of the molecule is CC[C@@H](N)Cn1ccc(-c2ccc(C#N)c(Cl)c2)n1.Cl. The van der Waals surface area contributed by atoms with Crippen LogP contribution in [0.15, 0.2) is 30.5 Å². The quantitative estimate of drug-likeness (QED) is 0.942. The van der Waals surface area contributed by atoms with Gasteiger partial charge < -0.3 is 5.73 Å². The van der Waals surface area contributed by atoms with Crippen molar-refractivity contribution in [3.8, 4) is 17.3 Å². The molecule has 0 radical (unpaired) electrons. The van der Waals surface area contributed by atoms with Crippen molar-refractivity contribution < 1.29 is 0 Å². The molecule has 0 saturated carbocycles. The highest BCUT2D eigenvalue weighted by Gasteiger charge is 2.07. The number of hydrogen-bond donors (Lipinski definition) is 1. The van der Waals surface area contributed by atoms with E-state index in [0.717, 1.165) is 17.7 Å². The highest BCUT2D eigenvalue weighted by atomic mass is 35.5. The van der Waals surface area contributed by atoms with Crippen LogP contribution in [0.5, 0.6) is 0 Å². The number of nitrogens with two attached hydrogens (primary N) is 1. The third-order valence-electron chi connectivity index (χ3n) is 2.97. The van der Waals surface area contributed by atoms with Crippen LogP contribution in [0.3, 0.4) is 0 Å². The zero-order valence-corrected chi connectivity index (χ0v) is 12.7. The van der Waals surface area contributed by atoms with Crippen molar-refractivity contribution in [1.29, 1.82) is 5.26 Å². The second-order valence-corrected chi connectivity index (χ2v) is 4.80. The molecule has 0 aliphatic heterocycles. The van der Waals surface area contributed by atoms with Gasteiger partial charge in [-0.3, -0.25) is 4.68 Å². The summed E-state index contributed by atoms with van der Waals surface area (Å²) in [7, 11) is 0. The predicted octanol–water partition coefficient (Wildman–Crippen LogP) is 3.23. The molecule has 1 aromatic carbocycles. The van der Waals surface area contributed by atoms with Crippen LogP contribution in [0.2, 0.25) is 5.02 Å². The Morgan fingerprint density at radius 2 is 2.20 bits per heavy atom. The van der Waals surface area contributed by atoms with Crippen molar-refractivity contribution in [1.82, 2.24) is 9.78 Å². The minimum Gasteiger partial charge on any atom is -0.326 e. The molecule has 0 aliphatic rings. The highest BCUT2D eigenvalue weighted by Crippen LogP contribution is 2.24. The molecule has 0 bridgehead atoms. The number of rotatable bonds is 4. The van der Waals surface area contributed by atoms with Crippen LogP contribution in [0.25, 0.3) is 11.3 Å². The number of aromatic nitrogens is 2. The van der Waals surface area contributed by atoms with Gasteiger partial charge in [-0.05, 0) is 24.6 Å². The summed E-state index contributed by atoms with van der Waals surface area (Å²) in [4.78, 5) is 0. The van der Waals surface area contributed by atoms with Crippen molar-refractivity contribution in [2.45, 2.75) is 25.9 Å². The fourth-order valence-corrected chi connectivity index (χ4v) is 1.97. The molecule has 0 spiro atoms. The van der Waals surface area contributed by atoms with Crippen LogP contribution in [0.1, 0.15) is 18.9 Å². The maximum atomic E-state index is 8.84. The topological polar surface area (TPSA) is 67.6 Å². The van der Waals surface area contributed by atoms with Gasteiger partial charge in [0, 0.05) is 17.8 Å².